The Morgan fingerprint density at radius 3 is 2.57 bits per heavy atom. The monoisotopic (exact) mass is 429 g/mol. The second-order valence-corrected chi connectivity index (χ2v) is 10.2. The molecule has 1 aromatic heterocycles. The number of amides is 1. The second-order valence-electron chi connectivity index (χ2n) is 8.15. The molecule has 9 heteroatoms. The summed E-state index contributed by atoms with van der Waals surface area (Å²) in [6, 6.07) is 8.58. The van der Waals surface area contributed by atoms with Crippen molar-refractivity contribution in [3.05, 3.63) is 36.0 Å². The fourth-order valence-corrected chi connectivity index (χ4v) is 5.45. The van der Waals surface area contributed by atoms with E-state index in [1.54, 1.807) is 23.0 Å². The van der Waals surface area contributed by atoms with Crippen LogP contribution in [0, 0.1) is 23.2 Å². The van der Waals surface area contributed by atoms with Gasteiger partial charge in [0.1, 0.15) is 5.56 Å². The van der Waals surface area contributed by atoms with Gasteiger partial charge < -0.3 is 11.1 Å². The zero-order chi connectivity index (χ0) is 21.9. The number of carbonyl (C=O) groups is 1. The van der Waals surface area contributed by atoms with Crippen LogP contribution in [0.1, 0.15) is 55.9 Å². The van der Waals surface area contributed by atoms with Crippen molar-refractivity contribution in [3.63, 3.8) is 0 Å². The fraction of sp³-hybridized carbons (Fsp3) is 0.476. The molecule has 1 aliphatic rings. The summed E-state index contributed by atoms with van der Waals surface area (Å²) in [6.07, 6.45) is 5.23. The zero-order valence-electron chi connectivity index (χ0n) is 17.2. The van der Waals surface area contributed by atoms with Gasteiger partial charge in [-0.25, -0.2) is 8.42 Å². The summed E-state index contributed by atoms with van der Waals surface area (Å²) in [4.78, 5) is 12.2. The van der Waals surface area contributed by atoms with E-state index in [-0.39, 0.29) is 34.1 Å². The Balaban J connectivity index is 1.85. The van der Waals surface area contributed by atoms with E-state index in [1.165, 1.54) is 12.1 Å². The molecule has 0 saturated heterocycles. The van der Waals surface area contributed by atoms with Crippen LogP contribution in [-0.2, 0) is 9.84 Å². The van der Waals surface area contributed by atoms with Crippen LogP contribution in [0.5, 0.6) is 0 Å². The molecule has 1 saturated carbocycles. The Hall–Kier alpha value is -2.86. The van der Waals surface area contributed by atoms with Crippen molar-refractivity contribution in [2.75, 3.05) is 11.1 Å². The van der Waals surface area contributed by atoms with Crippen LogP contribution < -0.4 is 11.1 Å². The van der Waals surface area contributed by atoms with Gasteiger partial charge >= 0.3 is 0 Å². The smallest absolute Gasteiger partial charge is 0.254 e. The molecule has 1 amide bonds. The Morgan fingerprint density at radius 1 is 1.30 bits per heavy atom. The van der Waals surface area contributed by atoms with Crippen molar-refractivity contribution in [1.29, 1.82) is 5.26 Å². The van der Waals surface area contributed by atoms with E-state index in [2.05, 4.69) is 16.5 Å². The van der Waals surface area contributed by atoms with Gasteiger partial charge in [0.25, 0.3) is 5.91 Å². The number of nitrogens with zero attached hydrogens (tertiary/aromatic N) is 3. The Morgan fingerprint density at radius 2 is 1.97 bits per heavy atom. The molecule has 0 radical (unpaired) electrons. The van der Waals surface area contributed by atoms with Gasteiger partial charge in [0, 0.05) is 11.9 Å². The highest BCUT2D eigenvalue weighted by molar-refractivity contribution is 7.91. The molecular formula is C21H27N5O3S. The number of hydrogen-bond acceptors (Lipinski definition) is 6. The average molecular weight is 430 g/mol. The average Bonchev–Trinajstić information content (AvgIpc) is 3.11. The molecule has 0 spiro atoms. The zero-order valence-corrected chi connectivity index (χ0v) is 18.0. The number of nitrogens with two attached hydrogens (primary N) is 1. The number of primary amides is 1. The van der Waals surface area contributed by atoms with Crippen molar-refractivity contribution in [1.82, 2.24) is 9.78 Å². The maximum atomic E-state index is 12.4. The summed E-state index contributed by atoms with van der Waals surface area (Å²) in [7, 11) is -3.34. The molecule has 2 aromatic rings. The summed E-state index contributed by atoms with van der Waals surface area (Å²) in [5.41, 5.74) is 6.35. The predicted molar refractivity (Wildman–Crippen MR) is 114 cm³/mol. The Bertz CT molecular complexity index is 1050. The maximum absolute atomic E-state index is 12.4. The molecule has 1 heterocycles. The maximum Gasteiger partial charge on any atom is 0.254 e. The summed E-state index contributed by atoms with van der Waals surface area (Å²) < 4.78 is 26.4. The molecular weight excluding hydrogens is 402 g/mol. The first-order chi connectivity index (χ1) is 14.2. The first-order valence-electron chi connectivity index (χ1n) is 10.1. The molecule has 160 valence electrons. The minimum Gasteiger partial charge on any atom is -0.365 e. The van der Waals surface area contributed by atoms with Gasteiger partial charge in [0.2, 0.25) is 0 Å². The number of nitrogens with one attached hydrogen (secondary N) is 1. The normalized spacial score (nSPS) is 19.4. The number of nitriles is 1. The summed E-state index contributed by atoms with van der Waals surface area (Å²) >= 11 is 0. The van der Waals surface area contributed by atoms with Crippen molar-refractivity contribution in [2.45, 2.75) is 50.5 Å². The van der Waals surface area contributed by atoms with Crippen LogP contribution in [0.15, 0.2) is 35.4 Å². The summed E-state index contributed by atoms with van der Waals surface area (Å²) in [5.74, 6) is -0.367. The fourth-order valence-electron chi connectivity index (χ4n) is 3.83. The summed E-state index contributed by atoms with van der Waals surface area (Å²) in [6.45, 7) is 3.72. The molecule has 0 aliphatic heterocycles. The quantitative estimate of drug-likeness (QED) is 0.693. The molecule has 0 unspecified atom stereocenters. The Kier molecular flexibility index (Phi) is 6.46. The van der Waals surface area contributed by atoms with Crippen LogP contribution in [0.3, 0.4) is 0 Å². The van der Waals surface area contributed by atoms with Crippen LogP contribution in [0.4, 0.5) is 11.5 Å². The third kappa shape index (κ3) is 4.82. The lowest BCUT2D eigenvalue weighted by atomic mass is 9.85. The molecule has 30 heavy (non-hydrogen) atoms. The molecule has 1 aliphatic carbocycles. The largest absolute Gasteiger partial charge is 0.365 e. The van der Waals surface area contributed by atoms with Gasteiger partial charge in [-0.3, -0.25) is 9.48 Å². The van der Waals surface area contributed by atoms with Crippen LogP contribution >= 0.6 is 0 Å². The van der Waals surface area contributed by atoms with E-state index in [0.717, 1.165) is 25.7 Å². The lowest BCUT2D eigenvalue weighted by Gasteiger charge is -2.26. The summed E-state index contributed by atoms with van der Waals surface area (Å²) in [5, 5.41) is 17.0. The van der Waals surface area contributed by atoms with Crippen LogP contribution in [0.25, 0.3) is 0 Å². The van der Waals surface area contributed by atoms with Gasteiger partial charge in [-0.05, 0) is 43.0 Å². The standard InChI is InChI=1S/C21H27N5O3S/c1-14(2)13-30(28,29)17-9-7-16(8-10-17)24-21-18(20(23)27)12-26(25-21)19-6-4-3-5-15(19)11-22/h7-10,12,14-15,19H,3-6,13H2,1-2H3,(H2,23,27)(H,24,25)/t15-,19+/m1/s1. The van der Waals surface area contributed by atoms with Crippen molar-refractivity contribution in [2.24, 2.45) is 17.6 Å². The van der Waals surface area contributed by atoms with E-state index in [9.17, 15) is 18.5 Å². The lowest BCUT2D eigenvalue weighted by Crippen LogP contribution is -2.22. The van der Waals surface area contributed by atoms with Crippen molar-refractivity contribution < 1.29 is 13.2 Å². The molecule has 0 bridgehead atoms. The third-order valence-electron chi connectivity index (χ3n) is 5.26. The number of rotatable bonds is 7. The van der Waals surface area contributed by atoms with E-state index in [4.69, 9.17) is 5.73 Å². The number of hydrogen-bond donors (Lipinski definition) is 2. The van der Waals surface area contributed by atoms with Gasteiger partial charge in [-0.15, -0.1) is 0 Å². The molecule has 8 nitrogen and oxygen atoms in total. The van der Waals surface area contributed by atoms with Crippen LogP contribution in [-0.4, -0.2) is 29.9 Å². The topological polar surface area (TPSA) is 131 Å². The highest BCUT2D eigenvalue weighted by Gasteiger charge is 2.29. The van der Waals surface area contributed by atoms with Crippen molar-refractivity contribution in [3.8, 4) is 6.07 Å². The SMILES string of the molecule is CC(C)CS(=O)(=O)c1ccc(Nc2nn([C@H]3CCCC[C@@H]3C#N)cc2C(N)=O)cc1. The third-order valence-corrected chi connectivity index (χ3v) is 7.36. The van der Waals surface area contributed by atoms with E-state index in [0.29, 0.717) is 11.5 Å². The molecule has 2 atom stereocenters. The number of sulfone groups is 1. The van der Waals surface area contributed by atoms with Crippen molar-refractivity contribution >= 4 is 27.2 Å². The minimum atomic E-state index is -3.34. The number of aromatic nitrogens is 2. The lowest BCUT2D eigenvalue weighted by molar-refractivity contribution is 0.100. The van der Waals surface area contributed by atoms with Gasteiger partial charge in [0.15, 0.2) is 15.7 Å². The number of carbonyl (C=O) groups excluding carboxylic acids is 1. The van der Waals surface area contributed by atoms with Crippen LogP contribution in [0.2, 0.25) is 0 Å². The molecule has 1 aromatic carbocycles. The molecule has 3 rings (SSSR count). The molecule has 1 fully saturated rings. The van der Waals surface area contributed by atoms with Gasteiger partial charge in [-0.2, -0.15) is 10.4 Å². The predicted octanol–water partition coefficient (Wildman–Crippen LogP) is 3.41. The highest BCUT2D eigenvalue weighted by Crippen LogP contribution is 2.34. The van der Waals surface area contributed by atoms with E-state index >= 15 is 0 Å². The van der Waals surface area contributed by atoms with Gasteiger partial charge in [-0.1, -0.05) is 26.7 Å². The van der Waals surface area contributed by atoms with E-state index in [1.807, 2.05) is 13.8 Å². The first-order valence-corrected chi connectivity index (χ1v) is 11.7. The highest BCUT2D eigenvalue weighted by atomic mass is 32.2. The number of anilines is 2. The van der Waals surface area contributed by atoms with Gasteiger partial charge in [0.05, 0.1) is 28.7 Å². The van der Waals surface area contributed by atoms with E-state index < -0.39 is 15.7 Å². The molecule has 3 N–H and O–H groups in total. The first kappa shape index (κ1) is 21.8. The number of benzene rings is 1. The second kappa shape index (κ2) is 8.88. The Labute approximate surface area is 177 Å². The minimum absolute atomic E-state index is 0.0342.